The Bertz CT molecular complexity index is 1090. The average Bonchev–Trinajstić information content (AvgIpc) is 2.82. The van der Waals surface area contributed by atoms with E-state index in [2.05, 4.69) is 15.2 Å². The monoisotopic (exact) mass is 426 g/mol. The Hall–Kier alpha value is -2.64. The molecule has 1 amide bonds. The fraction of sp³-hybridized carbons (Fsp3) is 0.238. The van der Waals surface area contributed by atoms with Crippen LogP contribution < -0.4 is 9.64 Å². The van der Waals surface area contributed by atoms with Gasteiger partial charge in [0, 0.05) is 23.1 Å². The van der Waals surface area contributed by atoms with E-state index in [0.717, 1.165) is 22.4 Å². The first kappa shape index (κ1) is 19.7. The van der Waals surface area contributed by atoms with Crippen molar-refractivity contribution in [3.63, 3.8) is 0 Å². The molecule has 29 heavy (non-hydrogen) atoms. The Labute approximate surface area is 178 Å². The van der Waals surface area contributed by atoms with Crippen molar-refractivity contribution in [3.8, 4) is 17.1 Å². The number of halogens is 1. The van der Waals surface area contributed by atoms with Gasteiger partial charge in [0.15, 0.2) is 5.69 Å². The van der Waals surface area contributed by atoms with E-state index in [1.807, 2.05) is 44.2 Å². The highest BCUT2D eigenvalue weighted by molar-refractivity contribution is 7.99. The van der Waals surface area contributed by atoms with Gasteiger partial charge in [0.2, 0.25) is 23.2 Å². The lowest BCUT2D eigenvalue weighted by Crippen LogP contribution is -2.36. The van der Waals surface area contributed by atoms with Crippen molar-refractivity contribution in [2.24, 2.45) is 0 Å². The summed E-state index contributed by atoms with van der Waals surface area (Å²) < 4.78 is 6.30. The molecule has 6 nitrogen and oxygen atoms in total. The first-order valence-electron chi connectivity index (χ1n) is 9.18. The molecule has 1 aliphatic rings. The fourth-order valence-electron chi connectivity index (χ4n) is 3.29. The number of nitrogens with zero attached hydrogens (tertiary/aromatic N) is 4. The van der Waals surface area contributed by atoms with Crippen molar-refractivity contribution in [1.29, 1.82) is 0 Å². The zero-order valence-corrected chi connectivity index (χ0v) is 17.8. The van der Waals surface area contributed by atoms with Crippen LogP contribution >= 0.6 is 23.4 Å². The van der Waals surface area contributed by atoms with E-state index in [0.29, 0.717) is 27.4 Å². The van der Waals surface area contributed by atoms with Crippen molar-refractivity contribution < 1.29 is 9.53 Å². The largest absolute Gasteiger partial charge is 0.447 e. The second-order valence-electron chi connectivity index (χ2n) is 6.62. The predicted molar refractivity (Wildman–Crippen MR) is 114 cm³/mol. The standard InChI is InChI=1S/C21H19ClN4O2S/c1-4-29-21-23-19-18(24-25-21)16-10-12(2)8-9-17(16)26(13(3)27)20(28-19)14-6-5-7-15(22)11-14/h5-11,20H,4H2,1-3H3. The summed E-state index contributed by atoms with van der Waals surface area (Å²) >= 11 is 7.70. The molecule has 4 rings (SSSR count). The number of amides is 1. The number of aryl methyl sites for hydroxylation is 1. The van der Waals surface area contributed by atoms with E-state index in [1.54, 1.807) is 17.0 Å². The van der Waals surface area contributed by atoms with Crippen LogP contribution in [0, 0.1) is 6.92 Å². The molecule has 0 N–H and O–H groups in total. The van der Waals surface area contributed by atoms with Crippen molar-refractivity contribution in [3.05, 3.63) is 58.6 Å². The van der Waals surface area contributed by atoms with Crippen LogP contribution in [0.4, 0.5) is 5.69 Å². The molecule has 1 aromatic heterocycles. The van der Waals surface area contributed by atoms with Crippen molar-refractivity contribution in [1.82, 2.24) is 15.2 Å². The molecule has 0 radical (unpaired) electrons. The molecule has 0 saturated carbocycles. The molecule has 0 aliphatic carbocycles. The van der Waals surface area contributed by atoms with Gasteiger partial charge in [0.05, 0.1) is 5.69 Å². The van der Waals surface area contributed by atoms with Crippen LogP contribution in [0.3, 0.4) is 0 Å². The fourth-order valence-corrected chi connectivity index (χ4v) is 3.99. The maximum absolute atomic E-state index is 12.7. The number of carbonyl (C=O) groups is 1. The van der Waals surface area contributed by atoms with E-state index >= 15 is 0 Å². The lowest BCUT2D eigenvalue weighted by Gasteiger charge is -2.30. The summed E-state index contributed by atoms with van der Waals surface area (Å²) in [6.45, 7) is 5.52. The summed E-state index contributed by atoms with van der Waals surface area (Å²) in [5, 5.41) is 9.72. The zero-order valence-electron chi connectivity index (χ0n) is 16.2. The molecule has 1 unspecified atom stereocenters. The molecule has 148 valence electrons. The number of benzene rings is 2. The second kappa shape index (κ2) is 8.00. The van der Waals surface area contributed by atoms with Gasteiger partial charge in [-0.05, 0) is 36.9 Å². The van der Waals surface area contributed by atoms with Crippen LogP contribution in [0.2, 0.25) is 5.02 Å². The highest BCUT2D eigenvalue weighted by Crippen LogP contribution is 2.44. The third-order valence-electron chi connectivity index (χ3n) is 4.51. The normalized spacial score (nSPS) is 15.2. The molecule has 0 spiro atoms. The van der Waals surface area contributed by atoms with Gasteiger partial charge in [-0.2, -0.15) is 4.98 Å². The minimum absolute atomic E-state index is 0.163. The van der Waals surface area contributed by atoms with E-state index in [1.165, 1.54) is 18.7 Å². The summed E-state index contributed by atoms with van der Waals surface area (Å²) in [7, 11) is 0. The number of ether oxygens (including phenoxy) is 1. The molecular weight excluding hydrogens is 408 g/mol. The maximum Gasteiger partial charge on any atom is 0.247 e. The molecule has 2 heterocycles. The van der Waals surface area contributed by atoms with Gasteiger partial charge < -0.3 is 4.74 Å². The van der Waals surface area contributed by atoms with Gasteiger partial charge in [-0.3, -0.25) is 9.69 Å². The first-order valence-corrected chi connectivity index (χ1v) is 10.5. The van der Waals surface area contributed by atoms with Crippen molar-refractivity contribution in [2.75, 3.05) is 10.7 Å². The summed E-state index contributed by atoms with van der Waals surface area (Å²) in [6, 6.07) is 13.1. The number of hydrogen-bond donors (Lipinski definition) is 0. The van der Waals surface area contributed by atoms with E-state index < -0.39 is 6.23 Å². The van der Waals surface area contributed by atoms with Crippen molar-refractivity contribution >= 4 is 35.0 Å². The highest BCUT2D eigenvalue weighted by atomic mass is 35.5. The van der Waals surface area contributed by atoms with Gasteiger partial charge in [-0.25, -0.2) is 0 Å². The molecule has 1 aliphatic heterocycles. The topological polar surface area (TPSA) is 68.2 Å². The van der Waals surface area contributed by atoms with Crippen LogP contribution in [0.5, 0.6) is 5.88 Å². The minimum Gasteiger partial charge on any atom is -0.447 e. The van der Waals surface area contributed by atoms with Gasteiger partial charge >= 0.3 is 0 Å². The van der Waals surface area contributed by atoms with Crippen LogP contribution in [-0.4, -0.2) is 26.8 Å². The SMILES string of the molecule is CCSc1nnc2c(n1)OC(c1cccc(Cl)c1)N(C(C)=O)c1ccc(C)cc1-2. The molecule has 0 saturated heterocycles. The summed E-state index contributed by atoms with van der Waals surface area (Å²) in [5.74, 6) is 0.994. The van der Waals surface area contributed by atoms with Crippen LogP contribution in [0.25, 0.3) is 11.3 Å². The van der Waals surface area contributed by atoms with Gasteiger partial charge in [-0.15, -0.1) is 10.2 Å². The quantitative estimate of drug-likeness (QED) is 0.545. The molecule has 8 heteroatoms. The number of carbonyl (C=O) groups excluding carboxylic acids is 1. The number of anilines is 1. The molecule has 3 aromatic rings. The molecule has 0 fully saturated rings. The average molecular weight is 427 g/mol. The number of hydrogen-bond acceptors (Lipinski definition) is 6. The molecule has 1 atom stereocenters. The lowest BCUT2D eigenvalue weighted by molar-refractivity contribution is -0.118. The van der Waals surface area contributed by atoms with Gasteiger partial charge in [0.25, 0.3) is 0 Å². The Morgan fingerprint density at radius 3 is 2.79 bits per heavy atom. The predicted octanol–water partition coefficient (Wildman–Crippen LogP) is 5.06. The zero-order chi connectivity index (χ0) is 20.5. The van der Waals surface area contributed by atoms with Crippen LogP contribution in [-0.2, 0) is 4.79 Å². The molecule has 2 aromatic carbocycles. The third-order valence-corrected chi connectivity index (χ3v) is 5.46. The van der Waals surface area contributed by atoms with Crippen molar-refractivity contribution in [2.45, 2.75) is 32.2 Å². The van der Waals surface area contributed by atoms with E-state index in [4.69, 9.17) is 16.3 Å². The Morgan fingerprint density at radius 1 is 1.24 bits per heavy atom. The Kier molecular flexibility index (Phi) is 5.43. The highest BCUT2D eigenvalue weighted by Gasteiger charge is 2.34. The summed E-state index contributed by atoms with van der Waals surface area (Å²) in [6.07, 6.45) is -0.731. The van der Waals surface area contributed by atoms with E-state index in [9.17, 15) is 4.79 Å². The lowest BCUT2D eigenvalue weighted by atomic mass is 10.0. The number of fused-ring (bicyclic) bond motifs is 3. The van der Waals surface area contributed by atoms with E-state index in [-0.39, 0.29) is 5.91 Å². The summed E-state index contributed by atoms with van der Waals surface area (Å²) in [4.78, 5) is 18.9. The summed E-state index contributed by atoms with van der Waals surface area (Å²) in [5.41, 5.74) is 3.75. The second-order valence-corrected chi connectivity index (χ2v) is 8.28. The molecule has 0 bridgehead atoms. The van der Waals surface area contributed by atoms with Gasteiger partial charge in [0.1, 0.15) is 0 Å². The number of aromatic nitrogens is 3. The number of rotatable bonds is 3. The molecular formula is C21H19ClN4O2S. The number of thioether (sulfide) groups is 1. The Morgan fingerprint density at radius 2 is 2.07 bits per heavy atom. The smallest absolute Gasteiger partial charge is 0.247 e. The third kappa shape index (κ3) is 3.80. The maximum atomic E-state index is 12.7. The minimum atomic E-state index is -0.731. The first-order chi connectivity index (χ1) is 14.0. The van der Waals surface area contributed by atoms with Crippen LogP contribution in [0.15, 0.2) is 47.6 Å². The van der Waals surface area contributed by atoms with Gasteiger partial charge in [-0.1, -0.05) is 54.0 Å². The Balaban J connectivity index is 1.97. The van der Waals surface area contributed by atoms with Crippen LogP contribution in [0.1, 0.15) is 31.2 Å².